The number of aromatic amines is 1. The predicted octanol–water partition coefficient (Wildman–Crippen LogP) is 3.18. The summed E-state index contributed by atoms with van der Waals surface area (Å²) < 4.78 is 13.3. The summed E-state index contributed by atoms with van der Waals surface area (Å²) >= 11 is 0. The molecular weight excluding hydrogens is 383 g/mol. The zero-order valence-electron chi connectivity index (χ0n) is 16.2. The summed E-state index contributed by atoms with van der Waals surface area (Å²) in [5, 5.41) is 9.82. The van der Waals surface area contributed by atoms with Crippen LogP contribution >= 0.6 is 0 Å². The summed E-state index contributed by atoms with van der Waals surface area (Å²) in [5.74, 6) is -0.442. The summed E-state index contributed by atoms with van der Waals surface area (Å²) in [6.45, 7) is 1.10. The first-order valence-electron chi connectivity index (χ1n) is 9.68. The molecule has 0 saturated carbocycles. The molecule has 0 spiro atoms. The molecule has 2 aromatic heterocycles. The number of fused-ring (bicyclic) bond motifs is 1. The van der Waals surface area contributed by atoms with E-state index in [0.717, 1.165) is 11.3 Å². The van der Waals surface area contributed by atoms with E-state index in [2.05, 4.69) is 9.97 Å². The third-order valence-corrected chi connectivity index (χ3v) is 5.26. The molecule has 6 nitrogen and oxygen atoms in total. The molecule has 4 rings (SSSR count). The van der Waals surface area contributed by atoms with E-state index in [-0.39, 0.29) is 17.9 Å². The van der Waals surface area contributed by atoms with Gasteiger partial charge in [-0.15, -0.1) is 0 Å². The second-order valence-electron chi connectivity index (χ2n) is 7.22. The van der Waals surface area contributed by atoms with Crippen LogP contribution in [0.3, 0.4) is 0 Å². The van der Waals surface area contributed by atoms with Crippen molar-refractivity contribution < 1.29 is 9.18 Å². The van der Waals surface area contributed by atoms with Crippen LogP contribution in [0.1, 0.15) is 29.8 Å². The number of aromatic nitrogens is 2. The molecule has 1 aliphatic rings. The minimum atomic E-state index is -0.454. The number of pyridine rings is 2. The lowest BCUT2D eigenvalue weighted by atomic mass is 10.0. The molecule has 3 aromatic rings. The van der Waals surface area contributed by atoms with E-state index in [0.29, 0.717) is 48.0 Å². The standard InChI is InChI=1S/C23H19FN4O2/c24-18-3-2-17-11-19(27-23(30)20(17)12-18)4-6-22(29)28-9-7-16(8-10-28)21-5-1-15(13-25)14-26-21/h1-3,5,7,11-12,14H,4,6,8-10H2,(H,27,30). The highest BCUT2D eigenvalue weighted by Gasteiger charge is 2.18. The first-order chi connectivity index (χ1) is 14.5. The molecule has 0 saturated heterocycles. The SMILES string of the molecule is N#Cc1ccc(C2=CCN(C(=O)CCc3cc4ccc(F)cc4c(=O)[nH]3)CC2)nc1. The van der Waals surface area contributed by atoms with Gasteiger partial charge in [0, 0.05) is 36.8 Å². The Labute approximate surface area is 172 Å². The van der Waals surface area contributed by atoms with Crippen LogP contribution in [-0.2, 0) is 11.2 Å². The molecule has 0 radical (unpaired) electrons. The fourth-order valence-corrected chi connectivity index (χ4v) is 3.60. The summed E-state index contributed by atoms with van der Waals surface area (Å²) in [4.78, 5) is 33.6. The van der Waals surface area contributed by atoms with Gasteiger partial charge in [0.05, 0.1) is 11.3 Å². The third-order valence-electron chi connectivity index (χ3n) is 5.26. The van der Waals surface area contributed by atoms with Crippen LogP contribution in [0.4, 0.5) is 4.39 Å². The molecule has 30 heavy (non-hydrogen) atoms. The highest BCUT2D eigenvalue weighted by Crippen LogP contribution is 2.21. The fraction of sp³-hybridized carbons (Fsp3) is 0.217. The Hall–Kier alpha value is -3.79. The zero-order valence-corrected chi connectivity index (χ0v) is 16.2. The van der Waals surface area contributed by atoms with E-state index < -0.39 is 5.82 Å². The fourth-order valence-electron chi connectivity index (χ4n) is 3.60. The van der Waals surface area contributed by atoms with Crippen LogP contribution in [-0.4, -0.2) is 33.9 Å². The lowest BCUT2D eigenvalue weighted by Gasteiger charge is -2.26. The molecule has 1 amide bonds. The van der Waals surface area contributed by atoms with Gasteiger partial charge in [-0.2, -0.15) is 5.26 Å². The van der Waals surface area contributed by atoms with Gasteiger partial charge >= 0.3 is 0 Å². The molecular formula is C23H19FN4O2. The number of aryl methyl sites for hydroxylation is 1. The molecule has 0 aliphatic carbocycles. The molecule has 0 bridgehead atoms. The van der Waals surface area contributed by atoms with Crippen molar-refractivity contribution in [1.82, 2.24) is 14.9 Å². The number of carbonyl (C=O) groups excluding carboxylic acids is 1. The first-order valence-corrected chi connectivity index (χ1v) is 9.68. The Morgan fingerprint density at radius 2 is 2.13 bits per heavy atom. The third kappa shape index (κ3) is 4.13. The van der Waals surface area contributed by atoms with E-state index >= 15 is 0 Å². The van der Waals surface area contributed by atoms with Crippen molar-refractivity contribution in [3.63, 3.8) is 0 Å². The highest BCUT2D eigenvalue weighted by molar-refractivity contribution is 5.82. The average molecular weight is 402 g/mol. The molecule has 1 N–H and O–H groups in total. The average Bonchev–Trinajstić information content (AvgIpc) is 2.78. The maximum atomic E-state index is 13.3. The van der Waals surface area contributed by atoms with Gasteiger partial charge in [-0.25, -0.2) is 4.39 Å². The van der Waals surface area contributed by atoms with Gasteiger partial charge in [-0.1, -0.05) is 12.1 Å². The minimum absolute atomic E-state index is 0.0122. The monoisotopic (exact) mass is 402 g/mol. The van der Waals surface area contributed by atoms with E-state index in [1.165, 1.54) is 12.1 Å². The number of halogens is 1. The number of rotatable bonds is 4. The van der Waals surface area contributed by atoms with Gasteiger partial charge in [-0.05, 0) is 54.1 Å². The molecule has 0 atom stereocenters. The van der Waals surface area contributed by atoms with Crippen LogP contribution in [0.25, 0.3) is 16.3 Å². The molecule has 1 aliphatic heterocycles. The Kier molecular flexibility index (Phi) is 5.40. The van der Waals surface area contributed by atoms with E-state index in [4.69, 9.17) is 5.26 Å². The van der Waals surface area contributed by atoms with Gasteiger partial charge in [0.25, 0.3) is 5.56 Å². The van der Waals surface area contributed by atoms with E-state index in [9.17, 15) is 14.0 Å². The number of nitrogens with zero attached hydrogens (tertiary/aromatic N) is 3. The highest BCUT2D eigenvalue weighted by atomic mass is 19.1. The summed E-state index contributed by atoms with van der Waals surface area (Å²) in [7, 11) is 0. The largest absolute Gasteiger partial charge is 0.339 e. The minimum Gasteiger partial charge on any atom is -0.339 e. The molecule has 150 valence electrons. The predicted molar refractivity (Wildman–Crippen MR) is 111 cm³/mol. The Morgan fingerprint density at radius 1 is 1.27 bits per heavy atom. The van der Waals surface area contributed by atoms with Crippen LogP contribution in [0, 0.1) is 17.1 Å². The number of hydrogen-bond donors (Lipinski definition) is 1. The molecule has 0 fully saturated rings. The zero-order chi connectivity index (χ0) is 21.1. The molecule has 1 aromatic carbocycles. The summed E-state index contributed by atoms with van der Waals surface area (Å²) in [6, 6.07) is 11.5. The van der Waals surface area contributed by atoms with Gasteiger partial charge in [0.1, 0.15) is 11.9 Å². The maximum Gasteiger partial charge on any atom is 0.256 e. The van der Waals surface area contributed by atoms with Crippen molar-refractivity contribution in [2.75, 3.05) is 13.1 Å². The topological polar surface area (TPSA) is 89.9 Å². The number of hydrogen-bond acceptors (Lipinski definition) is 4. The second-order valence-corrected chi connectivity index (χ2v) is 7.22. The molecule has 7 heteroatoms. The van der Waals surface area contributed by atoms with Gasteiger partial charge in [0.2, 0.25) is 5.91 Å². The van der Waals surface area contributed by atoms with Crippen molar-refractivity contribution in [2.45, 2.75) is 19.3 Å². The maximum absolute atomic E-state index is 13.3. The number of nitrogens with one attached hydrogen (secondary N) is 1. The number of carbonyl (C=O) groups is 1. The summed E-state index contributed by atoms with van der Waals surface area (Å²) in [5.41, 5.74) is 2.71. The van der Waals surface area contributed by atoms with Crippen molar-refractivity contribution >= 4 is 22.3 Å². The van der Waals surface area contributed by atoms with E-state index in [1.807, 2.05) is 18.2 Å². The second kappa shape index (κ2) is 8.29. The van der Waals surface area contributed by atoms with Gasteiger partial charge in [-0.3, -0.25) is 14.6 Å². The summed E-state index contributed by atoms with van der Waals surface area (Å²) in [6.07, 6.45) is 4.92. The number of benzene rings is 1. The number of amides is 1. The Bertz CT molecular complexity index is 1240. The normalized spacial score (nSPS) is 13.7. The molecule has 0 unspecified atom stereocenters. The van der Waals surface area contributed by atoms with Crippen LogP contribution in [0.15, 0.2) is 53.5 Å². The van der Waals surface area contributed by atoms with Gasteiger partial charge in [0.15, 0.2) is 0 Å². The van der Waals surface area contributed by atoms with Crippen molar-refractivity contribution in [2.24, 2.45) is 0 Å². The van der Waals surface area contributed by atoms with Crippen molar-refractivity contribution in [3.05, 3.63) is 81.8 Å². The van der Waals surface area contributed by atoms with Crippen LogP contribution < -0.4 is 5.56 Å². The Morgan fingerprint density at radius 3 is 2.83 bits per heavy atom. The van der Waals surface area contributed by atoms with Crippen LogP contribution in [0.2, 0.25) is 0 Å². The smallest absolute Gasteiger partial charge is 0.256 e. The van der Waals surface area contributed by atoms with Crippen molar-refractivity contribution in [1.29, 1.82) is 5.26 Å². The lowest BCUT2D eigenvalue weighted by Crippen LogP contribution is -2.35. The Balaban J connectivity index is 1.39. The van der Waals surface area contributed by atoms with Crippen molar-refractivity contribution in [3.8, 4) is 6.07 Å². The number of nitriles is 1. The lowest BCUT2D eigenvalue weighted by molar-refractivity contribution is -0.130. The first kappa shape index (κ1) is 19.5. The van der Waals surface area contributed by atoms with Gasteiger partial charge < -0.3 is 9.88 Å². The van der Waals surface area contributed by atoms with E-state index in [1.54, 1.807) is 29.3 Å². The number of H-pyrrole nitrogens is 1. The van der Waals surface area contributed by atoms with Crippen LogP contribution in [0.5, 0.6) is 0 Å². The molecule has 3 heterocycles. The quantitative estimate of drug-likeness (QED) is 0.726.